The average Bonchev–Trinajstić information content (AvgIpc) is 2.98. The van der Waals surface area contributed by atoms with Crippen molar-refractivity contribution in [1.29, 1.82) is 0 Å². The number of hydrogen-bond donors (Lipinski definition) is 1. The van der Waals surface area contributed by atoms with Crippen molar-refractivity contribution in [3.05, 3.63) is 66.4 Å². The van der Waals surface area contributed by atoms with Crippen LogP contribution in [-0.2, 0) is 11.3 Å². The SMILES string of the molecule is CCOc1ccc2c(ccn2CC(=O)NC(C)c2ccccc2)c1. The van der Waals surface area contributed by atoms with Gasteiger partial charge >= 0.3 is 0 Å². The molecule has 3 aromatic rings. The Bertz CT molecular complexity index is 824. The van der Waals surface area contributed by atoms with E-state index in [2.05, 4.69) is 5.32 Å². The van der Waals surface area contributed by atoms with E-state index >= 15 is 0 Å². The Balaban J connectivity index is 1.69. The first-order valence-corrected chi connectivity index (χ1v) is 8.23. The van der Waals surface area contributed by atoms with E-state index in [0.717, 1.165) is 22.2 Å². The van der Waals surface area contributed by atoms with Crippen LogP contribution in [0.4, 0.5) is 0 Å². The summed E-state index contributed by atoms with van der Waals surface area (Å²) in [5, 5.41) is 4.12. The fraction of sp³-hybridized carbons (Fsp3) is 0.250. The number of benzene rings is 2. The number of carbonyl (C=O) groups excluding carboxylic acids is 1. The van der Waals surface area contributed by atoms with E-state index in [-0.39, 0.29) is 11.9 Å². The first-order chi connectivity index (χ1) is 11.7. The molecule has 0 fully saturated rings. The van der Waals surface area contributed by atoms with Gasteiger partial charge in [-0.2, -0.15) is 0 Å². The van der Waals surface area contributed by atoms with Gasteiger partial charge in [0.25, 0.3) is 0 Å². The normalized spacial score (nSPS) is 12.1. The monoisotopic (exact) mass is 322 g/mol. The highest BCUT2D eigenvalue weighted by molar-refractivity contribution is 5.84. The number of amides is 1. The summed E-state index contributed by atoms with van der Waals surface area (Å²) < 4.78 is 7.47. The number of carbonyl (C=O) groups is 1. The first kappa shape index (κ1) is 16.1. The summed E-state index contributed by atoms with van der Waals surface area (Å²) >= 11 is 0. The van der Waals surface area contributed by atoms with Crippen LogP contribution in [0, 0.1) is 0 Å². The summed E-state index contributed by atoms with van der Waals surface area (Å²) in [4.78, 5) is 12.4. The van der Waals surface area contributed by atoms with Crippen LogP contribution >= 0.6 is 0 Å². The van der Waals surface area contributed by atoms with Crippen molar-refractivity contribution in [2.24, 2.45) is 0 Å². The molecule has 0 aliphatic carbocycles. The van der Waals surface area contributed by atoms with Gasteiger partial charge in [-0.1, -0.05) is 30.3 Å². The van der Waals surface area contributed by atoms with Crippen LogP contribution in [0.2, 0.25) is 0 Å². The quantitative estimate of drug-likeness (QED) is 0.747. The van der Waals surface area contributed by atoms with E-state index < -0.39 is 0 Å². The maximum atomic E-state index is 12.4. The molecule has 1 unspecified atom stereocenters. The summed E-state index contributed by atoms with van der Waals surface area (Å²) in [7, 11) is 0. The van der Waals surface area contributed by atoms with E-state index in [4.69, 9.17) is 4.74 Å². The first-order valence-electron chi connectivity index (χ1n) is 8.23. The Kier molecular flexibility index (Phi) is 4.85. The number of hydrogen-bond acceptors (Lipinski definition) is 2. The minimum atomic E-state index is -0.00918. The molecule has 0 aliphatic rings. The molecule has 124 valence electrons. The molecule has 2 aromatic carbocycles. The van der Waals surface area contributed by atoms with Gasteiger partial charge in [0, 0.05) is 17.1 Å². The van der Waals surface area contributed by atoms with Crippen molar-refractivity contribution < 1.29 is 9.53 Å². The number of aromatic nitrogens is 1. The molecule has 1 atom stereocenters. The van der Waals surface area contributed by atoms with Crippen LogP contribution in [0.3, 0.4) is 0 Å². The van der Waals surface area contributed by atoms with Crippen LogP contribution in [0.5, 0.6) is 5.75 Å². The van der Waals surface area contributed by atoms with Gasteiger partial charge in [-0.05, 0) is 43.7 Å². The fourth-order valence-corrected chi connectivity index (χ4v) is 2.84. The highest BCUT2D eigenvalue weighted by Gasteiger charge is 2.11. The second-order valence-electron chi connectivity index (χ2n) is 5.80. The molecule has 3 rings (SSSR count). The molecule has 0 saturated heterocycles. The van der Waals surface area contributed by atoms with Gasteiger partial charge in [0.05, 0.1) is 12.6 Å². The van der Waals surface area contributed by atoms with E-state index in [1.807, 2.05) is 79.2 Å². The molecule has 4 nitrogen and oxygen atoms in total. The second-order valence-corrected chi connectivity index (χ2v) is 5.80. The van der Waals surface area contributed by atoms with Gasteiger partial charge in [-0.15, -0.1) is 0 Å². The lowest BCUT2D eigenvalue weighted by molar-refractivity contribution is -0.122. The third kappa shape index (κ3) is 3.59. The smallest absolute Gasteiger partial charge is 0.240 e. The van der Waals surface area contributed by atoms with E-state index in [1.165, 1.54) is 0 Å². The maximum Gasteiger partial charge on any atom is 0.240 e. The van der Waals surface area contributed by atoms with Crippen LogP contribution in [0.15, 0.2) is 60.8 Å². The predicted octanol–water partition coefficient (Wildman–Crippen LogP) is 3.92. The van der Waals surface area contributed by atoms with Crippen molar-refractivity contribution in [3.8, 4) is 5.75 Å². The number of nitrogens with zero attached hydrogens (tertiary/aromatic N) is 1. The van der Waals surface area contributed by atoms with E-state index in [1.54, 1.807) is 0 Å². The van der Waals surface area contributed by atoms with Crippen molar-refractivity contribution in [2.75, 3.05) is 6.61 Å². The highest BCUT2D eigenvalue weighted by atomic mass is 16.5. The lowest BCUT2D eigenvalue weighted by Gasteiger charge is -2.15. The molecule has 0 bridgehead atoms. The number of nitrogens with one attached hydrogen (secondary N) is 1. The Hall–Kier alpha value is -2.75. The number of rotatable bonds is 6. The van der Waals surface area contributed by atoms with Crippen molar-refractivity contribution >= 4 is 16.8 Å². The molecule has 0 aliphatic heterocycles. The topological polar surface area (TPSA) is 43.3 Å². The van der Waals surface area contributed by atoms with Crippen LogP contribution in [-0.4, -0.2) is 17.1 Å². The summed E-state index contributed by atoms with van der Waals surface area (Å²) in [6, 6.07) is 17.9. The van der Waals surface area contributed by atoms with Gasteiger partial charge in [0.15, 0.2) is 0 Å². The highest BCUT2D eigenvalue weighted by Crippen LogP contribution is 2.22. The van der Waals surface area contributed by atoms with Gasteiger partial charge in [-0.25, -0.2) is 0 Å². The fourth-order valence-electron chi connectivity index (χ4n) is 2.84. The molecule has 1 aromatic heterocycles. The number of fused-ring (bicyclic) bond motifs is 1. The van der Waals surface area contributed by atoms with Crippen LogP contribution in [0.25, 0.3) is 10.9 Å². The van der Waals surface area contributed by atoms with Crippen LogP contribution < -0.4 is 10.1 Å². The lowest BCUT2D eigenvalue weighted by atomic mass is 10.1. The third-order valence-corrected chi connectivity index (χ3v) is 4.04. The zero-order valence-electron chi connectivity index (χ0n) is 14.0. The number of ether oxygens (including phenoxy) is 1. The molecule has 1 N–H and O–H groups in total. The molecular formula is C20H22N2O2. The van der Waals surface area contributed by atoms with Crippen molar-refractivity contribution in [3.63, 3.8) is 0 Å². The largest absolute Gasteiger partial charge is 0.494 e. The zero-order chi connectivity index (χ0) is 16.9. The second kappa shape index (κ2) is 7.21. The molecule has 24 heavy (non-hydrogen) atoms. The van der Waals surface area contributed by atoms with Crippen molar-refractivity contribution in [1.82, 2.24) is 9.88 Å². The molecule has 0 radical (unpaired) electrons. The Morgan fingerprint density at radius 1 is 1.17 bits per heavy atom. The molecule has 1 amide bonds. The Labute approximate surface area is 142 Å². The van der Waals surface area contributed by atoms with Gasteiger partial charge in [-0.3, -0.25) is 4.79 Å². The molecular weight excluding hydrogens is 300 g/mol. The molecule has 4 heteroatoms. The third-order valence-electron chi connectivity index (χ3n) is 4.04. The summed E-state index contributed by atoms with van der Waals surface area (Å²) in [5.41, 5.74) is 2.13. The van der Waals surface area contributed by atoms with Gasteiger partial charge < -0.3 is 14.6 Å². The summed E-state index contributed by atoms with van der Waals surface area (Å²) in [5.74, 6) is 0.850. The molecule has 0 saturated carbocycles. The Morgan fingerprint density at radius 3 is 2.71 bits per heavy atom. The van der Waals surface area contributed by atoms with Crippen LogP contribution in [0.1, 0.15) is 25.5 Å². The summed E-state index contributed by atoms with van der Waals surface area (Å²) in [6.07, 6.45) is 1.94. The van der Waals surface area contributed by atoms with E-state index in [9.17, 15) is 4.79 Å². The van der Waals surface area contributed by atoms with E-state index in [0.29, 0.717) is 13.2 Å². The van der Waals surface area contributed by atoms with Crippen molar-refractivity contribution in [2.45, 2.75) is 26.4 Å². The standard InChI is InChI=1S/C20H22N2O2/c1-3-24-18-9-10-19-17(13-18)11-12-22(19)14-20(23)21-15(2)16-7-5-4-6-8-16/h4-13,15H,3,14H2,1-2H3,(H,21,23). The minimum absolute atomic E-state index is 0.00209. The maximum absolute atomic E-state index is 12.4. The minimum Gasteiger partial charge on any atom is -0.494 e. The zero-order valence-corrected chi connectivity index (χ0v) is 14.0. The summed E-state index contributed by atoms with van der Waals surface area (Å²) in [6.45, 7) is 4.91. The van der Waals surface area contributed by atoms with Gasteiger partial charge in [0.1, 0.15) is 12.3 Å². The average molecular weight is 322 g/mol. The Morgan fingerprint density at radius 2 is 1.96 bits per heavy atom. The molecule has 1 heterocycles. The van der Waals surface area contributed by atoms with Gasteiger partial charge in [0.2, 0.25) is 5.91 Å². The lowest BCUT2D eigenvalue weighted by Crippen LogP contribution is -2.29. The predicted molar refractivity (Wildman–Crippen MR) is 96.1 cm³/mol. The molecule has 0 spiro atoms.